The molecule has 1 saturated heterocycles. The van der Waals surface area contributed by atoms with Crippen LogP contribution in [0.5, 0.6) is 0 Å². The zero-order chi connectivity index (χ0) is 13.3. The maximum atomic E-state index is 11.9. The smallest absolute Gasteiger partial charge is 0.340 e. The molecule has 6 heteroatoms. The first-order valence-corrected chi connectivity index (χ1v) is 6.48. The van der Waals surface area contributed by atoms with Crippen molar-refractivity contribution < 1.29 is 19.4 Å². The van der Waals surface area contributed by atoms with Gasteiger partial charge in [0, 0.05) is 30.4 Å². The third-order valence-electron chi connectivity index (χ3n) is 2.95. The molecule has 2 rings (SSSR count). The van der Waals surface area contributed by atoms with Crippen LogP contribution in [0.4, 0.5) is 5.00 Å². The second-order valence-electron chi connectivity index (χ2n) is 4.32. The Kier molecular flexibility index (Phi) is 3.68. The van der Waals surface area contributed by atoms with Gasteiger partial charge in [-0.3, -0.25) is 4.79 Å². The minimum atomic E-state index is -0.436. The van der Waals surface area contributed by atoms with Gasteiger partial charge in [-0.25, -0.2) is 4.79 Å². The Balaban J connectivity index is 2.33. The molecule has 1 aromatic rings. The number of hydrogen-bond donors (Lipinski definition) is 1. The zero-order valence-electron chi connectivity index (χ0n) is 10.3. The summed E-state index contributed by atoms with van der Waals surface area (Å²) in [6.07, 6.45) is 0.327. The predicted octanol–water partition coefficient (Wildman–Crippen LogP) is 1.19. The minimum absolute atomic E-state index is 0.0137. The van der Waals surface area contributed by atoms with Crippen molar-refractivity contribution in [2.75, 3.05) is 25.2 Å². The van der Waals surface area contributed by atoms with Crippen LogP contribution in [-0.2, 0) is 9.53 Å². The fraction of sp³-hybridized carbons (Fsp3) is 0.500. The Morgan fingerprint density at radius 1 is 1.67 bits per heavy atom. The molecule has 1 amide bonds. The molecule has 98 valence electrons. The molecule has 1 atom stereocenters. The molecule has 0 aromatic carbocycles. The molecule has 0 saturated carbocycles. The molecular weight excluding hydrogens is 254 g/mol. The minimum Gasteiger partial charge on any atom is -0.465 e. The molecule has 1 aromatic heterocycles. The van der Waals surface area contributed by atoms with E-state index < -0.39 is 5.97 Å². The topological polar surface area (TPSA) is 66.8 Å². The molecule has 0 bridgehead atoms. The predicted molar refractivity (Wildman–Crippen MR) is 67.9 cm³/mol. The number of carbonyl (C=O) groups is 2. The standard InChI is InChI=1S/C12H15NO4S/c1-7-3-9(12(16)17-2)11(18-7)13-5-8(6-14)4-10(13)15/h3,8,14H,4-6H2,1-2H3. The van der Waals surface area contributed by atoms with Crippen molar-refractivity contribution in [2.45, 2.75) is 13.3 Å². The Morgan fingerprint density at radius 2 is 2.39 bits per heavy atom. The van der Waals surface area contributed by atoms with Crippen LogP contribution in [-0.4, -0.2) is 37.2 Å². The third-order valence-corrected chi connectivity index (χ3v) is 4.02. The number of aryl methyl sites for hydroxylation is 1. The summed E-state index contributed by atoms with van der Waals surface area (Å²) in [7, 11) is 1.32. The van der Waals surface area contributed by atoms with Crippen LogP contribution in [0.15, 0.2) is 6.07 Å². The van der Waals surface area contributed by atoms with Crippen LogP contribution in [0.25, 0.3) is 0 Å². The van der Waals surface area contributed by atoms with E-state index in [1.807, 2.05) is 6.92 Å². The molecule has 18 heavy (non-hydrogen) atoms. The Bertz CT molecular complexity index is 482. The van der Waals surface area contributed by atoms with Gasteiger partial charge in [0.25, 0.3) is 0 Å². The summed E-state index contributed by atoms with van der Waals surface area (Å²) in [5.74, 6) is -0.541. The number of aliphatic hydroxyl groups excluding tert-OH is 1. The average Bonchev–Trinajstić information content (AvgIpc) is 2.91. The highest BCUT2D eigenvalue weighted by atomic mass is 32.1. The number of methoxy groups -OCH3 is 1. The maximum absolute atomic E-state index is 11.9. The molecule has 0 spiro atoms. The maximum Gasteiger partial charge on any atom is 0.340 e. The molecule has 0 aliphatic carbocycles. The van der Waals surface area contributed by atoms with E-state index in [9.17, 15) is 9.59 Å². The number of amides is 1. The fourth-order valence-corrected chi connectivity index (χ4v) is 3.08. The number of hydrogen-bond acceptors (Lipinski definition) is 5. The molecule has 5 nitrogen and oxygen atoms in total. The summed E-state index contributed by atoms with van der Waals surface area (Å²) in [4.78, 5) is 26.1. The summed E-state index contributed by atoms with van der Waals surface area (Å²) in [5, 5.41) is 9.74. The van der Waals surface area contributed by atoms with Crippen LogP contribution in [0.2, 0.25) is 0 Å². The highest BCUT2D eigenvalue weighted by molar-refractivity contribution is 7.16. The normalized spacial score (nSPS) is 19.4. The van der Waals surface area contributed by atoms with E-state index in [1.165, 1.54) is 18.4 Å². The lowest BCUT2D eigenvalue weighted by Crippen LogP contribution is -2.25. The van der Waals surface area contributed by atoms with Gasteiger partial charge in [0.2, 0.25) is 5.91 Å². The van der Waals surface area contributed by atoms with Gasteiger partial charge in [-0.1, -0.05) is 0 Å². The lowest BCUT2D eigenvalue weighted by atomic mass is 10.1. The Labute approximate surface area is 109 Å². The molecule has 1 unspecified atom stereocenters. The third kappa shape index (κ3) is 2.26. The van der Waals surface area contributed by atoms with Crippen molar-refractivity contribution in [1.29, 1.82) is 0 Å². The Morgan fingerprint density at radius 3 is 2.94 bits per heavy atom. The van der Waals surface area contributed by atoms with Gasteiger partial charge in [-0.15, -0.1) is 11.3 Å². The number of anilines is 1. The van der Waals surface area contributed by atoms with Crippen LogP contribution in [0, 0.1) is 12.8 Å². The van der Waals surface area contributed by atoms with Gasteiger partial charge >= 0.3 is 5.97 Å². The molecular formula is C12H15NO4S. The number of ether oxygens (including phenoxy) is 1. The number of esters is 1. The summed E-state index contributed by atoms with van der Waals surface area (Å²) >= 11 is 1.39. The van der Waals surface area contributed by atoms with E-state index in [4.69, 9.17) is 9.84 Å². The lowest BCUT2D eigenvalue weighted by Gasteiger charge is -2.15. The van der Waals surface area contributed by atoms with Gasteiger partial charge in [0.15, 0.2) is 0 Å². The van der Waals surface area contributed by atoms with Crippen molar-refractivity contribution in [1.82, 2.24) is 0 Å². The number of aliphatic hydroxyl groups is 1. The molecule has 1 N–H and O–H groups in total. The molecule has 1 fully saturated rings. The van der Waals surface area contributed by atoms with Crippen LogP contribution in [0.3, 0.4) is 0 Å². The summed E-state index contributed by atoms with van der Waals surface area (Å²) in [6, 6.07) is 1.73. The van der Waals surface area contributed by atoms with Crippen LogP contribution in [0.1, 0.15) is 21.7 Å². The SMILES string of the molecule is COC(=O)c1cc(C)sc1N1CC(CO)CC1=O. The van der Waals surface area contributed by atoms with E-state index in [2.05, 4.69) is 0 Å². The second kappa shape index (κ2) is 5.07. The van der Waals surface area contributed by atoms with Crippen molar-refractivity contribution in [3.05, 3.63) is 16.5 Å². The molecule has 1 aliphatic heterocycles. The van der Waals surface area contributed by atoms with E-state index in [1.54, 1.807) is 11.0 Å². The van der Waals surface area contributed by atoms with Gasteiger partial charge in [0.1, 0.15) is 5.00 Å². The largest absolute Gasteiger partial charge is 0.465 e. The van der Waals surface area contributed by atoms with Gasteiger partial charge in [-0.2, -0.15) is 0 Å². The van der Waals surface area contributed by atoms with E-state index in [-0.39, 0.29) is 18.4 Å². The molecule has 2 heterocycles. The monoisotopic (exact) mass is 269 g/mol. The number of thiophene rings is 1. The van der Waals surface area contributed by atoms with E-state index in [0.29, 0.717) is 23.5 Å². The molecule has 1 aliphatic rings. The van der Waals surface area contributed by atoms with E-state index in [0.717, 1.165) is 4.88 Å². The first kappa shape index (κ1) is 13.0. The fourth-order valence-electron chi connectivity index (χ4n) is 2.06. The summed E-state index contributed by atoms with van der Waals surface area (Å²) in [5.41, 5.74) is 0.423. The average molecular weight is 269 g/mol. The van der Waals surface area contributed by atoms with Crippen molar-refractivity contribution in [3.63, 3.8) is 0 Å². The lowest BCUT2D eigenvalue weighted by molar-refractivity contribution is -0.117. The first-order chi connectivity index (χ1) is 8.56. The van der Waals surface area contributed by atoms with Gasteiger partial charge < -0.3 is 14.7 Å². The number of carbonyl (C=O) groups excluding carboxylic acids is 2. The quantitative estimate of drug-likeness (QED) is 0.837. The van der Waals surface area contributed by atoms with Crippen molar-refractivity contribution in [3.8, 4) is 0 Å². The highest BCUT2D eigenvalue weighted by Gasteiger charge is 2.33. The Hall–Kier alpha value is -1.40. The highest BCUT2D eigenvalue weighted by Crippen LogP contribution is 2.35. The van der Waals surface area contributed by atoms with Crippen molar-refractivity contribution in [2.24, 2.45) is 5.92 Å². The van der Waals surface area contributed by atoms with Gasteiger partial charge in [-0.05, 0) is 13.0 Å². The van der Waals surface area contributed by atoms with Crippen LogP contribution < -0.4 is 4.90 Å². The first-order valence-electron chi connectivity index (χ1n) is 5.66. The number of nitrogens with zero attached hydrogens (tertiary/aromatic N) is 1. The van der Waals surface area contributed by atoms with Crippen LogP contribution >= 0.6 is 11.3 Å². The zero-order valence-corrected chi connectivity index (χ0v) is 11.1. The van der Waals surface area contributed by atoms with E-state index >= 15 is 0 Å². The summed E-state index contributed by atoms with van der Waals surface area (Å²) in [6.45, 7) is 2.32. The van der Waals surface area contributed by atoms with Crippen molar-refractivity contribution >= 4 is 28.2 Å². The number of rotatable bonds is 3. The summed E-state index contributed by atoms with van der Waals surface area (Å²) < 4.78 is 4.72. The van der Waals surface area contributed by atoms with Gasteiger partial charge in [0.05, 0.1) is 12.7 Å². The molecule has 0 radical (unpaired) electrons. The second-order valence-corrected chi connectivity index (χ2v) is 5.56.